The summed E-state index contributed by atoms with van der Waals surface area (Å²) in [4.78, 5) is 0. The van der Waals surface area contributed by atoms with E-state index in [1.807, 2.05) is 7.11 Å². The highest BCUT2D eigenvalue weighted by atomic mass is 16.5. The Bertz CT molecular complexity index is 118. The van der Waals surface area contributed by atoms with Gasteiger partial charge in [0, 0.05) is 13.7 Å². The van der Waals surface area contributed by atoms with Gasteiger partial charge in [0.25, 0.3) is 0 Å². The molecule has 0 heterocycles. The molecule has 0 aromatic rings. The molecule has 0 aromatic carbocycles. The van der Waals surface area contributed by atoms with Gasteiger partial charge in [0.1, 0.15) is 0 Å². The Morgan fingerprint density at radius 2 is 1.92 bits per heavy atom. The zero-order valence-electron chi connectivity index (χ0n) is 8.68. The molecule has 0 bridgehead atoms. The minimum absolute atomic E-state index is 0.837. The molecule has 1 aliphatic carbocycles. The molecule has 1 aliphatic rings. The van der Waals surface area contributed by atoms with Crippen LogP contribution < -0.4 is 0 Å². The van der Waals surface area contributed by atoms with E-state index in [0.29, 0.717) is 0 Å². The first-order valence-electron chi connectivity index (χ1n) is 5.24. The maximum absolute atomic E-state index is 5.26. The van der Waals surface area contributed by atoms with E-state index in [4.69, 9.17) is 4.74 Å². The summed E-state index contributed by atoms with van der Waals surface area (Å²) in [5.41, 5.74) is 0. The first kappa shape index (κ1) is 10.0. The molecule has 0 N–H and O–H groups in total. The van der Waals surface area contributed by atoms with Crippen molar-refractivity contribution in [3.63, 3.8) is 0 Å². The van der Waals surface area contributed by atoms with Gasteiger partial charge in [-0.15, -0.1) is 0 Å². The zero-order chi connectivity index (χ0) is 8.97. The van der Waals surface area contributed by atoms with Crippen LogP contribution in [0.4, 0.5) is 0 Å². The predicted octanol–water partition coefficient (Wildman–Crippen LogP) is 3.10. The summed E-state index contributed by atoms with van der Waals surface area (Å²) in [5.74, 6) is 2.59. The summed E-state index contributed by atoms with van der Waals surface area (Å²) in [6.45, 7) is 5.67. The van der Waals surface area contributed by atoms with Gasteiger partial charge in [-0.2, -0.15) is 0 Å². The van der Waals surface area contributed by atoms with E-state index in [2.05, 4.69) is 13.8 Å². The minimum atomic E-state index is 0.837. The molecule has 2 atom stereocenters. The largest absolute Gasteiger partial charge is 0.384 e. The van der Waals surface area contributed by atoms with Crippen LogP contribution in [0.1, 0.15) is 39.5 Å². The summed E-state index contributed by atoms with van der Waals surface area (Å²) in [6, 6.07) is 0. The molecular formula is C11H22O. The molecule has 1 rings (SSSR count). The van der Waals surface area contributed by atoms with Crippen LogP contribution in [-0.4, -0.2) is 13.7 Å². The van der Waals surface area contributed by atoms with Crippen molar-refractivity contribution >= 4 is 0 Å². The molecule has 1 saturated carbocycles. The molecule has 0 saturated heterocycles. The molecule has 1 heteroatoms. The molecule has 0 radical (unpaired) electrons. The summed E-state index contributed by atoms with van der Waals surface area (Å²) in [7, 11) is 1.83. The summed E-state index contributed by atoms with van der Waals surface area (Å²) in [6.07, 6.45) is 5.66. The predicted molar refractivity (Wildman–Crippen MR) is 52.2 cm³/mol. The lowest BCUT2D eigenvalue weighted by Crippen LogP contribution is -2.27. The monoisotopic (exact) mass is 170 g/mol. The maximum Gasteiger partial charge on any atom is 0.0493 e. The Morgan fingerprint density at radius 3 is 2.50 bits per heavy atom. The van der Waals surface area contributed by atoms with Crippen molar-refractivity contribution in [2.24, 2.45) is 17.8 Å². The van der Waals surface area contributed by atoms with Crippen molar-refractivity contribution in [1.82, 2.24) is 0 Å². The molecule has 72 valence electrons. The third kappa shape index (κ3) is 2.48. The third-order valence-electron chi connectivity index (χ3n) is 3.20. The van der Waals surface area contributed by atoms with Gasteiger partial charge in [-0.3, -0.25) is 0 Å². The highest BCUT2D eigenvalue weighted by Gasteiger charge is 2.26. The van der Waals surface area contributed by atoms with Gasteiger partial charge >= 0.3 is 0 Å². The van der Waals surface area contributed by atoms with Crippen LogP contribution in [0.2, 0.25) is 0 Å². The topological polar surface area (TPSA) is 9.23 Å². The molecule has 0 unspecified atom stereocenters. The number of ether oxygens (including phenoxy) is 1. The fourth-order valence-electron chi connectivity index (χ4n) is 2.54. The second kappa shape index (κ2) is 4.86. The Labute approximate surface area is 76.5 Å². The number of methoxy groups -OCH3 is 1. The first-order valence-corrected chi connectivity index (χ1v) is 5.24. The van der Waals surface area contributed by atoms with E-state index in [0.717, 1.165) is 24.4 Å². The fraction of sp³-hybridized carbons (Fsp3) is 1.00. The van der Waals surface area contributed by atoms with Gasteiger partial charge in [0.05, 0.1) is 0 Å². The highest BCUT2D eigenvalue weighted by molar-refractivity contribution is 4.77. The van der Waals surface area contributed by atoms with Crippen LogP contribution in [-0.2, 0) is 4.74 Å². The van der Waals surface area contributed by atoms with Crippen molar-refractivity contribution < 1.29 is 4.74 Å². The van der Waals surface area contributed by atoms with E-state index < -0.39 is 0 Å². The van der Waals surface area contributed by atoms with Gasteiger partial charge in [-0.1, -0.05) is 26.7 Å². The molecule has 12 heavy (non-hydrogen) atoms. The minimum Gasteiger partial charge on any atom is -0.384 e. The molecule has 0 aliphatic heterocycles. The van der Waals surface area contributed by atoms with Crippen LogP contribution in [0, 0.1) is 17.8 Å². The van der Waals surface area contributed by atoms with Gasteiger partial charge in [0.15, 0.2) is 0 Å². The zero-order valence-corrected chi connectivity index (χ0v) is 8.68. The van der Waals surface area contributed by atoms with Gasteiger partial charge in [-0.25, -0.2) is 0 Å². The molecular weight excluding hydrogens is 148 g/mol. The fourth-order valence-corrected chi connectivity index (χ4v) is 2.54. The SMILES string of the molecule is COC[C@@H]1CCCC[C@@H]1C(C)C. The van der Waals surface area contributed by atoms with Crippen molar-refractivity contribution in [3.8, 4) is 0 Å². The van der Waals surface area contributed by atoms with E-state index in [-0.39, 0.29) is 0 Å². The maximum atomic E-state index is 5.26. The standard InChI is InChI=1S/C11H22O/c1-9(2)11-7-5-4-6-10(11)8-12-3/h9-11H,4-8H2,1-3H3/t10-,11+/m0/s1. The Balaban J connectivity index is 2.42. The number of rotatable bonds is 3. The summed E-state index contributed by atoms with van der Waals surface area (Å²) in [5, 5.41) is 0. The first-order chi connectivity index (χ1) is 5.75. The number of hydrogen-bond donors (Lipinski definition) is 0. The second-order valence-corrected chi connectivity index (χ2v) is 4.41. The Morgan fingerprint density at radius 1 is 1.25 bits per heavy atom. The molecule has 0 spiro atoms. The van der Waals surface area contributed by atoms with Crippen molar-refractivity contribution in [2.75, 3.05) is 13.7 Å². The number of hydrogen-bond acceptors (Lipinski definition) is 1. The smallest absolute Gasteiger partial charge is 0.0493 e. The summed E-state index contributed by atoms with van der Waals surface area (Å²) >= 11 is 0. The Hall–Kier alpha value is -0.0400. The van der Waals surface area contributed by atoms with E-state index in [9.17, 15) is 0 Å². The molecule has 1 nitrogen and oxygen atoms in total. The van der Waals surface area contributed by atoms with Gasteiger partial charge in [0.2, 0.25) is 0 Å². The summed E-state index contributed by atoms with van der Waals surface area (Å²) < 4.78 is 5.26. The van der Waals surface area contributed by atoms with Crippen LogP contribution in [0.5, 0.6) is 0 Å². The second-order valence-electron chi connectivity index (χ2n) is 4.41. The van der Waals surface area contributed by atoms with Crippen LogP contribution >= 0.6 is 0 Å². The molecule has 0 amide bonds. The van der Waals surface area contributed by atoms with E-state index in [1.54, 1.807) is 0 Å². The van der Waals surface area contributed by atoms with Crippen molar-refractivity contribution in [1.29, 1.82) is 0 Å². The average molecular weight is 170 g/mol. The highest BCUT2D eigenvalue weighted by Crippen LogP contribution is 2.34. The quantitative estimate of drug-likeness (QED) is 0.632. The van der Waals surface area contributed by atoms with Crippen LogP contribution in [0.15, 0.2) is 0 Å². The van der Waals surface area contributed by atoms with Gasteiger partial charge < -0.3 is 4.74 Å². The van der Waals surface area contributed by atoms with Crippen molar-refractivity contribution in [3.05, 3.63) is 0 Å². The molecule has 1 fully saturated rings. The normalized spacial score (nSPS) is 31.0. The van der Waals surface area contributed by atoms with E-state index >= 15 is 0 Å². The molecule has 0 aromatic heterocycles. The van der Waals surface area contributed by atoms with E-state index in [1.165, 1.54) is 25.7 Å². The lowest BCUT2D eigenvalue weighted by Gasteiger charge is -2.33. The lowest BCUT2D eigenvalue weighted by molar-refractivity contribution is 0.0743. The average Bonchev–Trinajstić information content (AvgIpc) is 2.05. The van der Waals surface area contributed by atoms with Crippen LogP contribution in [0.25, 0.3) is 0 Å². The van der Waals surface area contributed by atoms with Crippen LogP contribution in [0.3, 0.4) is 0 Å². The van der Waals surface area contributed by atoms with Crippen molar-refractivity contribution in [2.45, 2.75) is 39.5 Å². The van der Waals surface area contributed by atoms with Gasteiger partial charge in [-0.05, 0) is 30.6 Å². The third-order valence-corrected chi connectivity index (χ3v) is 3.20. The lowest BCUT2D eigenvalue weighted by atomic mass is 9.74. The Kier molecular flexibility index (Phi) is 4.07.